The molecule has 3 heteroatoms. The Morgan fingerprint density at radius 1 is 1.57 bits per heavy atom. The van der Waals surface area contributed by atoms with E-state index in [0.29, 0.717) is 5.92 Å². The fraction of sp³-hybridized carbons (Fsp3) is 0.636. The first-order chi connectivity index (χ1) is 6.59. The maximum Gasteiger partial charge on any atom is 0.131 e. The Labute approximate surface area is 84.8 Å². The molecule has 3 nitrogen and oxygen atoms in total. The Bertz CT molecular complexity index is 346. The Kier molecular flexibility index (Phi) is 2.27. The Balaban J connectivity index is 2.27. The van der Waals surface area contributed by atoms with Crippen molar-refractivity contribution in [3.8, 4) is 0 Å². The summed E-state index contributed by atoms with van der Waals surface area (Å²) in [5.74, 6) is 2.35. The van der Waals surface area contributed by atoms with Crippen molar-refractivity contribution in [1.29, 1.82) is 0 Å². The van der Waals surface area contributed by atoms with Gasteiger partial charge in [0.2, 0.25) is 0 Å². The molecule has 0 aliphatic heterocycles. The number of rotatable bonds is 2. The van der Waals surface area contributed by atoms with E-state index in [0.717, 1.165) is 23.0 Å². The molecule has 3 atom stereocenters. The van der Waals surface area contributed by atoms with Crippen LogP contribution >= 0.6 is 0 Å². The molecule has 1 aromatic rings. The van der Waals surface area contributed by atoms with E-state index >= 15 is 0 Å². The van der Waals surface area contributed by atoms with Crippen molar-refractivity contribution >= 4 is 0 Å². The van der Waals surface area contributed by atoms with Gasteiger partial charge in [-0.1, -0.05) is 6.92 Å². The van der Waals surface area contributed by atoms with Crippen molar-refractivity contribution < 1.29 is 0 Å². The summed E-state index contributed by atoms with van der Waals surface area (Å²) < 4.78 is 0. The van der Waals surface area contributed by atoms with Crippen molar-refractivity contribution in [1.82, 2.24) is 9.97 Å². The van der Waals surface area contributed by atoms with Gasteiger partial charge in [-0.25, -0.2) is 9.97 Å². The van der Waals surface area contributed by atoms with Gasteiger partial charge in [0.15, 0.2) is 0 Å². The zero-order valence-electron chi connectivity index (χ0n) is 8.99. The van der Waals surface area contributed by atoms with Crippen LogP contribution in [0.5, 0.6) is 0 Å². The highest BCUT2D eigenvalue weighted by Gasteiger charge is 2.36. The minimum absolute atomic E-state index is 0.0284. The summed E-state index contributed by atoms with van der Waals surface area (Å²) in [6.45, 7) is 6.21. The zero-order chi connectivity index (χ0) is 10.3. The van der Waals surface area contributed by atoms with Gasteiger partial charge in [-0.3, -0.25) is 0 Å². The predicted molar refractivity (Wildman–Crippen MR) is 55.9 cm³/mol. The molecule has 1 heterocycles. The average Bonchev–Trinajstić information content (AvgIpc) is 2.81. The molecular formula is C11H17N3. The van der Waals surface area contributed by atoms with Gasteiger partial charge in [0.25, 0.3) is 0 Å². The van der Waals surface area contributed by atoms with Crippen LogP contribution in [0.25, 0.3) is 0 Å². The highest BCUT2D eigenvalue weighted by Crippen LogP contribution is 2.45. The van der Waals surface area contributed by atoms with E-state index in [1.54, 1.807) is 0 Å². The van der Waals surface area contributed by atoms with Gasteiger partial charge in [-0.05, 0) is 26.2 Å². The third-order valence-electron chi connectivity index (χ3n) is 2.97. The molecule has 2 rings (SSSR count). The monoisotopic (exact) mass is 191 g/mol. The van der Waals surface area contributed by atoms with Gasteiger partial charge >= 0.3 is 0 Å². The van der Waals surface area contributed by atoms with Crippen molar-refractivity contribution in [3.05, 3.63) is 23.3 Å². The molecule has 76 valence electrons. The van der Waals surface area contributed by atoms with Crippen molar-refractivity contribution in [2.24, 2.45) is 11.7 Å². The molecule has 0 amide bonds. The van der Waals surface area contributed by atoms with Gasteiger partial charge in [0.1, 0.15) is 5.82 Å². The maximum absolute atomic E-state index is 5.80. The SMILES string of the molecule is Cc1nc(C2CC2C)ncc1C(C)N. The van der Waals surface area contributed by atoms with Crippen molar-refractivity contribution in [2.45, 2.75) is 39.2 Å². The van der Waals surface area contributed by atoms with Gasteiger partial charge in [0, 0.05) is 29.4 Å². The van der Waals surface area contributed by atoms with Crippen LogP contribution < -0.4 is 5.73 Å². The molecule has 0 saturated heterocycles. The van der Waals surface area contributed by atoms with Crippen LogP contribution in [0.3, 0.4) is 0 Å². The molecule has 1 aliphatic carbocycles. The van der Waals surface area contributed by atoms with E-state index in [1.165, 1.54) is 6.42 Å². The lowest BCUT2D eigenvalue weighted by molar-refractivity contribution is 0.761. The fourth-order valence-corrected chi connectivity index (χ4v) is 1.80. The summed E-state index contributed by atoms with van der Waals surface area (Å²) in [4.78, 5) is 8.90. The minimum Gasteiger partial charge on any atom is -0.324 e. The van der Waals surface area contributed by atoms with E-state index in [2.05, 4.69) is 16.9 Å². The number of hydrogen-bond acceptors (Lipinski definition) is 3. The van der Waals surface area contributed by atoms with Crippen molar-refractivity contribution in [2.75, 3.05) is 0 Å². The molecule has 1 fully saturated rings. The Morgan fingerprint density at radius 3 is 2.64 bits per heavy atom. The quantitative estimate of drug-likeness (QED) is 0.777. The third kappa shape index (κ3) is 1.64. The number of nitrogens with zero attached hydrogens (tertiary/aromatic N) is 2. The van der Waals surface area contributed by atoms with Gasteiger partial charge in [-0.15, -0.1) is 0 Å². The van der Waals surface area contributed by atoms with Gasteiger partial charge < -0.3 is 5.73 Å². The largest absolute Gasteiger partial charge is 0.324 e. The molecule has 1 saturated carbocycles. The summed E-state index contributed by atoms with van der Waals surface area (Å²) in [6.07, 6.45) is 3.12. The summed E-state index contributed by atoms with van der Waals surface area (Å²) in [7, 11) is 0. The lowest BCUT2D eigenvalue weighted by atomic mass is 10.1. The van der Waals surface area contributed by atoms with E-state index in [1.807, 2.05) is 20.0 Å². The lowest BCUT2D eigenvalue weighted by Crippen LogP contribution is -2.10. The highest BCUT2D eigenvalue weighted by atomic mass is 14.9. The fourth-order valence-electron chi connectivity index (χ4n) is 1.80. The van der Waals surface area contributed by atoms with Gasteiger partial charge in [0.05, 0.1) is 0 Å². The second kappa shape index (κ2) is 3.31. The first kappa shape index (κ1) is 9.59. The lowest BCUT2D eigenvalue weighted by Gasteiger charge is -2.09. The maximum atomic E-state index is 5.80. The van der Waals surface area contributed by atoms with Crippen LogP contribution in [0.4, 0.5) is 0 Å². The summed E-state index contributed by atoms with van der Waals surface area (Å²) in [5.41, 5.74) is 7.89. The molecule has 0 radical (unpaired) electrons. The van der Waals surface area contributed by atoms with Crippen LogP contribution in [0.1, 0.15) is 49.3 Å². The first-order valence-electron chi connectivity index (χ1n) is 5.18. The molecule has 0 bridgehead atoms. The highest BCUT2D eigenvalue weighted by molar-refractivity contribution is 5.22. The zero-order valence-corrected chi connectivity index (χ0v) is 8.99. The van der Waals surface area contributed by atoms with E-state index < -0.39 is 0 Å². The van der Waals surface area contributed by atoms with Crippen LogP contribution in [-0.4, -0.2) is 9.97 Å². The second-order valence-electron chi connectivity index (χ2n) is 4.38. The van der Waals surface area contributed by atoms with Crippen LogP contribution in [-0.2, 0) is 0 Å². The first-order valence-corrected chi connectivity index (χ1v) is 5.18. The van der Waals surface area contributed by atoms with Crippen molar-refractivity contribution in [3.63, 3.8) is 0 Å². The smallest absolute Gasteiger partial charge is 0.131 e. The number of aromatic nitrogens is 2. The van der Waals surface area contributed by atoms with E-state index in [4.69, 9.17) is 5.73 Å². The molecule has 1 aromatic heterocycles. The van der Waals surface area contributed by atoms with Crippen LogP contribution in [0.15, 0.2) is 6.20 Å². The number of hydrogen-bond donors (Lipinski definition) is 1. The standard InChI is InChI=1S/C11H17N3/c1-6-4-9(6)11-13-5-10(7(2)12)8(3)14-11/h5-7,9H,4,12H2,1-3H3. The Morgan fingerprint density at radius 2 is 2.21 bits per heavy atom. The minimum atomic E-state index is 0.0284. The van der Waals surface area contributed by atoms with Crippen LogP contribution in [0, 0.1) is 12.8 Å². The molecule has 1 aliphatic rings. The molecule has 0 spiro atoms. The Hall–Kier alpha value is -0.960. The average molecular weight is 191 g/mol. The second-order valence-corrected chi connectivity index (χ2v) is 4.38. The van der Waals surface area contributed by atoms with E-state index in [9.17, 15) is 0 Å². The topological polar surface area (TPSA) is 51.8 Å². The van der Waals surface area contributed by atoms with Crippen LogP contribution in [0.2, 0.25) is 0 Å². The molecule has 3 unspecified atom stereocenters. The number of aryl methyl sites for hydroxylation is 1. The molecule has 14 heavy (non-hydrogen) atoms. The summed E-state index contributed by atoms with van der Waals surface area (Å²) in [6, 6.07) is 0.0284. The summed E-state index contributed by atoms with van der Waals surface area (Å²) >= 11 is 0. The molecule has 0 aromatic carbocycles. The predicted octanol–water partition coefficient (Wildman–Crippen LogP) is 1.93. The van der Waals surface area contributed by atoms with E-state index in [-0.39, 0.29) is 6.04 Å². The summed E-state index contributed by atoms with van der Waals surface area (Å²) in [5, 5.41) is 0. The third-order valence-corrected chi connectivity index (χ3v) is 2.97. The van der Waals surface area contributed by atoms with Gasteiger partial charge in [-0.2, -0.15) is 0 Å². The molecule has 2 N–H and O–H groups in total. The number of nitrogens with two attached hydrogens (primary N) is 1. The molecular weight excluding hydrogens is 174 g/mol. The normalized spacial score (nSPS) is 27.4.